The summed E-state index contributed by atoms with van der Waals surface area (Å²) >= 11 is 0. The summed E-state index contributed by atoms with van der Waals surface area (Å²) in [4.78, 5) is 19.2. The van der Waals surface area contributed by atoms with Crippen LogP contribution in [-0.2, 0) is 22.9 Å². The average Bonchev–Trinajstić information content (AvgIpc) is 3.34. The molecule has 0 saturated carbocycles. The minimum Gasteiger partial charge on any atom is -0.387 e. The first-order valence-corrected chi connectivity index (χ1v) is 15.4. The van der Waals surface area contributed by atoms with Gasteiger partial charge in [-0.25, -0.2) is 18.4 Å². The first-order valence-electron chi connectivity index (χ1n) is 13.9. The van der Waals surface area contributed by atoms with Crippen LogP contribution in [0.2, 0.25) is 0 Å². The molecule has 0 bridgehead atoms. The van der Waals surface area contributed by atoms with Crippen LogP contribution >= 0.6 is 0 Å². The maximum absolute atomic E-state index is 13.3. The van der Waals surface area contributed by atoms with Crippen molar-refractivity contribution in [3.8, 4) is 0 Å². The zero-order valence-electron chi connectivity index (χ0n) is 22.9. The number of nitrogens with zero attached hydrogens (tertiary/aromatic N) is 2. The number of anilines is 1. The van der Waals surface area contributed by atoms with E-state index in [2.05, 4.69) is 22.5 Å². The number of primary sulfonamides is 1. The quantitative estimate of drug-likeness (QED) is 0.231. The van der Waals surface area contributed by atoms with E-state index in [0.717, 1.165) is 54.4 Å². The Hall–Kier alpha value is -3.31. The number of aliphatic hydroxyl groups is 1. The van der Waals surface area contributed by atoms with E-state index in [-0.39, 0.29) is 17.0 Å². The van der Waals surface area contributed by atoms with E-state index in [1.165, 1.54) is 6.07 Å². The summed E-state index contributed by atoms with van der Waals surface area (Å²) in [7, 11) is -3.85. The van der Waals surface area contributed by atoms with Crippen LogP contribution < -0.4 is 20.7 Å². The molecule has 2 heterocycles. The van der Waals surface area contributed by atoms with Crippen molar-refractivity contribution in [2.75, 3.05) is 24.5 Å². The molecular formula is C30H39N5O4S. The van der Waals surface area contributed by atoms with E-state index in [1.807, 2.05) is 30.3 Å². The molecule has 2 atom stereocenters. The Kier molecular flexibility index (Phi) is 10.3. The monoisotopic (exact) mass is 565 g/mol. The Bertz CT molecular complexity index is 1370. The molecule has 3 aromatic rings. The van der Waals surface area contributed by atoms with Crippen LogP contribution in [0.1, 0.15) is 67.0 Å². The molecule has 0 aliphatic carbocycles. The first kappa shape index (κ1) is 29.7. The fraction of sp³-hybridized carbons (Fsp3) is 0.400. The van der Waals surface area contributed by atoms with Crippen molar-refractivity contribution in [3.05, 3.63) is 89.2 Å². The molecule has 4 rings (SSSR count). The van der Waals surface area contributed by atoms with Gasteiger partial charge in [0.15, 0.2) is 0 Å². The van der Waals surface area contributed by atoms with Gasteiger partial charge in [0.25, 0.3) is 0 Å². The summed E-state index contributed by atoms with van der Waals surface area (Å²) in [5.74, 6) is 0. The van der Waals surface area contributed by atoms with Crippen molar-refractivity contribution in [1.82, 2.24) is 15.6 Å². The predicted molar refractivity (Wildman–Crippen MR) is 156 cm³/mol. The molecule has 1 aliphatic rings. The van der Waals surface area contributed by atoms with Gasteiger partial charge >= 0.3 is 6.03 Å². The highest BCUT2D eigenvalue weighted by Gasteiger charge is 2.35. The standard InChI is InChI=1S/C30H39N5O4S/c1-2-3-4-5-16-34-30(37)35-27-13-12-26(40(31,38)39)18-25(27)19-28(35)23-10-8-22(9-11-23)14-17-33-21-29(36)24-7-6-15-32-20-24/h6-13,15,18,20,28-29,33,36H,2-5,14,16-17,19,21H2,1H3,(H,34,37)(H2,31,38,39). The van der Waals surface area contributed by atoms with E-state index in [1.54, 1.807) is 35.5 Å². The second-order valence-electron chi connectivity index (χ2n) is 10.2. The molecule has 0 spiro atoms. The van der Waals surface area contributed by atoms with Gasteiger partial charge in [-0.2, -0.15) is 0 Å². The van der Waals surface area contributed by atoms with Crippen LogP contribution in [0.5, 0.6) is 0 Å². The number of pyridine rings is 1. The lowest BCUT2D eigenvalue weighted by Gasteiger charge is -2.26. The number of benzene rings is 2. The Morgan fingerprint density at radius 3 is 2.62 bits per heavy atom. The molecule has 40 heavy (non-hydrogen) atoms. The number of nitrogens with one attached hydrogen (secondary N) is 2. The molecule has 2 unspecified atom stereocenters. The van der Waals surface area contributed by atoms with Gasteiger partial charge in [0.2, 0.25) is 10.0 Å². The third-order valence-corrected chi connectivity index (χ3v) is 8.16. The first-order chi connectivity index (χ1) is 19.3. The maximum atomic E-state index is 13.3. The Morgan fingerprint density at radius 1 is 1.12 bits per heavy atom. The number of nitrogens with two attached hydrogens (primary N) is 1. The molecule has 10 heteroatoms. The number of fused-ring (bicyclic) bond motifs is 1. The number of unbranched alkanes of at least 4 members (excludes halogenated alkanes) is 3. The van der Waals surface area contributed by atoms with E-state index < -0.39 is 16.1 Å². The van der Waals surface area contributed by atoms with Crippen molar-refractivity contribution in [2.24, 2.45) is 5.14 Å². The molecule has 9 nitrogen and oxygen atoms in total. The van der Waals surface area contributed by atoms with E-state index >= 15 is 0 Å². The smallest absolute Gasteiger partial charge is 0.322 e. The molecule has 0 radical (unpaired) electrons. The lowest BCUT2D eigenvalue weighted by atomic mass is 10.00. The molecule has 2 amide bonds. The van der Waals surface area contributed by atoms with Crippen LogP contribution in [-0.4, -0.2) is 44.2 Å². The van der Waals surface area contributed by atoms with Crippen LogP contribution in [0, 0.1) is 0 Å². The summed E-state index contributed by atoms with van der Waals surface area (Å²) in [6.45, 7) is 3.88. The number of hydrogen-bond donors (Lipinski definition) is 4. The molecule has 1 aromatic heterocycles. The van der Waals surface area contributed by atoms with E-state index in [0.29, 0.717) is 31.7 Å². The summed E-state index contributed by atoms with van der Waals surface area (Å²) in [5.41, 5.74) is 4.36. The van der Waals surface area contributed by atoms with E-state index in [9.17, 15) is 18.3 Å². The van der Waals surface area contributed by atoms with Gasteiger partial charge < -0.3 is 15.7 Å². The normalized spacial score (nSPS) is 15.6. The van der Waals surface area contributed by atoms with Crippen LogP contribution in [0.15, 0.2) is 71.9 Å². The molecule has 0 fully saturated rings. The number of sulfonamides is 1. The summed E-state index contributed by atoms with van der Waals surface area (Å²) < 4.78 is 23.9. The highest BCUT2D eigenvalue weighted by Crippen LogP contribution is 2.41. The van der Waals surface area contributed by atoms with Gasteiger partial charge in [-0.15, -0.1) is 0 Å². The second kappa shape index (κ2) is 13.8. The number of urea groups is 1. The van der Waals surface area contributed by atoms with Crippen molar-refractivity contribution in [2.45, 2.75) is 62.5 Å². The van der Waals surface area contributed by atoms with Gasteiger partial charge in [0, 0.05) is 36.7 Å². The van der Waals surface area contributed by atoms with Gasteiger partial charge in [-0.1, -0.05) is 56.5 Å². The lowest BCUT2D eigenvalue weighted by Crippen LogP contribution is -2.41. The van der Waals surface area contributed by atoms with Crippen LogP contribution in [0.4, 0.5) is 10.5 Å². The SMILES string of the molecule is CCCCCCNC(=O)N1c2ccc(S(N)(=O)=O)cc2CC1c1ccc(CCNCC(O)c2cccnc2)cc1. The molecule has 5 N–H and O–H groups in total. The Morgan fingerprint density at radius 2 is 1.93 bits per heavy atom. The Labute approximate surface area is 236 Å². The zero-order valence-corrected chi connectivity index (χ0v) is 23.7. The average molecular weight is 566 g/mol. The van der Waals surface area contributed by atoms with Crippen LogP contribution in [0.3, 0.4) is 0 Å². The van der Waals surface area contributed by atoms with E-state index in [4.69, 9.17) is 5.14 Å². The van der Waals surface area contributed by atoms with Crippen molar-refractivity contribution in [1.29, 1.82) is 0 Å². The molecule has 214 valence electrons. The van der Waals surface area contributed by atoms with Gasteiger partial charge in [0.1, 0.15) is 0 Å². The van der Waals surface area contributed by atoms with Crippen molar-refractivity contribution < 1.29 is 18.3 Å². The van der Waals surface area contributed by atoms with Gasteiger partial charge in [-0.3, -0.25) is 9.88 Å². The maximum Gasteiger partial charge on any atom is 0.322 e. The third-order valence-electron chi connectivity index (χ3n) is 7.25. The highest BCUT2D eigenvalue weighted by atomic mass is 32.2. The Balaban J connectivity index is 1.42. The highest BCUT2D eigenvalue weighted by molar-refractivity contribution is 7.89. The molecule has 0 saturated heterocycles. The zero-order chi connectivity index (χ0) is 28.5. The second-order valence-corrected chi connectivity index (χ2v) is 11.8. The summed E-state index contributed by atoms with van der Waals surface area (Å²) in [6, 6.07) is 16.1. The number of aliphatic hydroxyl groups excluding tert-OH is 1. The van der Waals surface area contributed by atoms with Crippen molar-refractivity contribution >= 4 is 21.7 Å². The largest absolute Gasteiger partial charge is 0.387 e. The fourth-order valence-electron chi connectivity index (χ4n) is 5.02. The summed E-state index contributed by atoms with van der Waals surface area (Å²) in [6.07, 6.45) is 8.25. The number of carbonyl (C=O) groups excluding carboxylic acids is 1. The molecular weight excluding hydrogens is 526 g/mol. The van der Waals surface area contributed by atoms with Crippen LogP contribution in [0.25, 0.3) is 0 Å². The summed E-state index contributed by atoms with van der Waals surface area (Å²) in [5, 5.41) is 22.0. The number of amides is 2. The minimum atomic E-state index is -3.85. The minimum absolute atomic E-state index is 0.0447. The lowest BCUT2D eigenvalue weighted by molar-refractivity contribution is 0.174. The molecule has 2 aromatic carbocycles. The molecule has 1 aliphatic heterocycles. The topological polar surface area (TPSA) is 138 Å². The van der Waals surface area contributed by atoms with Gasteiger partial charge in [0.05, 0.1) is 17.0 Å². The number of rotatable bonds is 13. The predicted octanol–water partition coefficient (Wildman–Crippen LogP) is 3.99. The fourth-order valence-corrected chi connectivity index (χ4v) is 5.59. The number of aromatic nitrogens is 1. The van der Waals surface area contributed by atoms with Crippen molar-refractivity contribution in [3.63, 3.8) is 0 Å². The third kappa shape index (κ3) is 7.66. The van der Waals surface area contributed by atoms with Gasteiger partial charge in [-0.05, 0) is 66.8 Å². The number of hydrogen-bond acceptors (Lipinski definition) is 6. The number of carbonyl (C=O) groups is 1.